The zero-order chi connectivity index (χ0) is 14.8. The molecule has 110 valence electrons. The number of thioether (sulfide) groups is 1. The molecule has 1 aromatic carbocycles. The Labute approximate surface area is 123 Å². The van der Waals surface area contributed by atoms with E-state index in [9.17, 15) is 9.59 Å². The number of amides is 2. The van der Waals surface area contributed by atoms with Crippen molar-refractivity contribution in [3.63, 3.8) is 0 Å². The van der Waals surface area contributed by atoms with Gasteiger partial charge in [0.15, 0.2) is 0 Å². The second-order valence-corrected chi connectivity index (χ2v) is 5.30. The minimum atomic E-state index is -0.576. The Kier molecular flexibility index (Phi) is 7.75. The van der Waals surface area contributed by atoms with Gasteiger partial charge in [-0.05, 0) is 5.56 Å². The lowest BCUT2D eigenvalue weighted by Crippen LogP contribution is -2.48. The molecule has 0 aromatic heterocycles. The summed E-state index contributed by atoms with van der Waals surface area (Å²) in [5.41, 5.74) is 1.18. The average Bonchev–Trinajstić information content (AvgIpc) is 2.44. The monoisotopic (exact) mass is 296 g/mol. The third-order valence-corrected chi connectivity index (χ3v) is 3.61. The number of carbonyl (C=O) groups excluding carboxylic acids is 2. The first-order valence-electron chi connectivity index (χ1n) is 6.41. The number of benzene rings is 1. The Morgan fingerprint density at radius 3 is 2.60 bits per heavy atom. The molecular weight excluding hydrogens is 276 g/mol. The maximum absolute atomic E-state index is 11.8. The van der Waals surface area contributed by atoms with Gasteiger partial charge in [0.1, 0.15) is 6.04 Å². The smallest absolute Gasteiger partial charge is 0.243 e. The lowest BCUT2D eigenvalue weighted by atomic mass is 10.2. The van der Waals surface area contributed by atoms with Crippen LogP contribution in [0.15, 0.2) is 30.3 Å². The normalized spacial score (nSPS) is 11.7. The third-order valence-electron chi connectivity index (χ3n) is 2.50. The molecule has 6 heteroatoms. The van der Waals surface area contributed by atoms with Crippen LogP contribution in [-0.4, -0.2) is 41.9 Å². The molecule has 3 N–H and O–H groups in total. The fraction of sp³-hybridized carbons (Fsp3) is 0.429. The number of hydrogen-bond donors (Lipinski definition) is 3. The average molecular weight is 296 g/mol. The standard InChI is InChI=1S/C14H20N2O3S/c1-11(18)16-13(14(19)15-7-8-17)10-20-9-12-5-3-2-4-6-12/h2-6,13,17H,7-10H2,1H3,(H,15,19)(H,16,18)/t13-/m0/s1. The second-order valence-electron chi connectivity index (χ2n) is 4.27. The Hall–Kier alpha value is -1.53. The van der Waals surface area contributed by atoms with E-state index in [1.807, 2.05) is 30.3 Å². The molecule has 0 aliphatic carbocycles. The maximum Gasteiger partial charge on any atom is 0.243 e. The molecule has 0 fully saturated rings. The summed E-state index contributed by atoms with van der Waals surface area (Å²) in [7, 11) is 0. The summed E-state index contributed by atoms with van der Waals surface area (Å²) in [6.07, 6.45) is 0. The van der Waals surface area contributed by atoms with Crippen LogP contribution in [0.5, 0.6) is 0 Å². The van der Waals surface area contributed by atoms with E-state index in [-0.39, 0.29) is 25.0 Å². The van der Waals surface area contributed by atoms with Gasteiger partial charge < -0.3 is 15.7 Å². The fourth-order valence-electron chi connectivity index (χ4n) is 1.60. The summed E-state index contributed by atoms with van der Waals surface area (Å²) < 4.78 is 0. The number of aliphatic hydroxyl groups excluding tert-OH is 1. The maximum atomic E-state index is 11.8. The van der Waals surface area contributed by atoms with E-state index in [4.69, 9.17) is 5.11 Å². The molecule has 1 aromatic rings. The van der Waals surface area contributed by atoms with Crippen molar-refractivity contribution in [2.24, 2.45) is 0 Å². The van der Waals surface area contributed by atoms with E-state index in [1.54, 1.807) is 11.8 Å². The van der Waals surface area contributed by atoms with Crippen molar-refractivity contribution in [2.75, 3.05) is 18.9 Å². The number of hydrogen-bond acceptors (Lipinski definition) is 4. The highest BCUT2D eigenvalue weighted by Crippen LogP contribution is 2.12. The molecule has 2 amide bonds. The molecule has 0 saturated carbocycles. The Bertz CT molecular complexity index is 426. The van der Waals surface area contributed by atoms with Crippen molar-refractivity contribution < 1.29 is 14.7 Å². The number of rotatable bonds is 8. The van der Waals surface area contributed by atoms with E-state index in [1.165, 1.54) is 12.5 Å². The van der Waals surface area contributed by atoms with Crippen LogP contribution in [-0.2, 0) is 15.3 Å². The van der Waals surface area contributed by atoms with Gasteiger partial charge in [0.25, 0.3) is 0 Å². The van der Waals surface area contributed by atoms with Crippen molar-refractivity contribution in [1.82, 2.24) is 10.6 Å². The van der Waals surface area contributed by atoms with Gasteiger partial charge >= 0.3 is 0 Å². The Balaban J connectivity index is 2.43. The first-order chi connectivity index (χ1) is 9.63. The highest BCUT2D eigenvalue weighted by Gasteiger charge is 2.18. The van der Waals surface area contributed by atoms with Crippen LogP contribution in [0.1, 0.15) is 12.5 Å². The molecule has 0 aliphatic rings. The van der Waals surface area contributed by atoms with Crippen LogP contribution < -0.4 is 10.6 Å². The van der Waals surface area contributed by atoms with Gasteiger partial charge in [-0.3, -0.25) is 9.59 Å². The van der Waals surface area contributed by atoms with Gasteiger partial charge in [-0.15, -0.1) is 0 Å². The van der Waals surface area contributed by atoms with Crippen molar-refractivity contribution >= 4 is 23.6 Å². The van der Waals surface area contributed by atoms with Gasteiger partial charge in [0.2, 0.25) is 11.8 Å². The topological polar surface area (TPSA) is 78.4 Å². The largest absolute Gasteiger partial charge is 0.395 e. The summed E-state index contributed by atoms with van der Waals surface area (Å²) in [5.74, 6) is 0.764. The number of carbonyl (C=O) groups is 2. The van der Waals surface area contributed by atoms with Crippen LogP contribution in [0.3, 0.4) is 0 Å². The molecule has 0 spiro atoms. The predicted molar refractivity (Wildman–Crippen MR) is 80.3 cm³/mol. The SMILES string of the molecule is CC(=O)N[C@@H](CSCc1ccccc1)C(=O)NCCO. The van der Waals surface area contributed by atoms with E-state index < -0.39 is 6.04 Å². The van der Waals surface area contributed by atoms with E-state index >= 15 is 0 Å². The highest BCUT2D eigenvalue weighted by atomic mass is 32.2. The molecule has 0 saturated heterocycles. The lowest BCUT2D eigenvalue weighted by Gasteiger charge is -2.17. The Morgan fingerprint density at radius 1 is 1.30 bits per heavy atom. The van der Waals surface area contributed by atoms with Crippen molar-refractivity contribution in [3.05, 3.63) is 35.9 Å². The minimum Gasteiger partial charge on any atom is -0.395 e. The van der Waals surface area contributed by atoms with E-state index in [0.717, 1.165) is 5.75 Å². The molecule has 0 heterocycles. The van der Waals surface area contributed by atoms with Gasteiger partial charge in [0.05, 0.1) is 6.61 Å². The van der Waals surface area contributed by atoms with Crippen LogP contribution in [0.4, 0.5) is 0 Å². The third kappa shape index (κ3) is 6.58. The summed E-state index contributed by atoms with van der Waals surface area (Å²) in [4.78, 5) is 22.9. The molecule has 0 radical (unpaired) electrons. The number of aliphatic hydroxyl groups is 1. The molecule has 1 rings (SSSR count). The zero-order valence-corrected chi connectivity index (χ0v) is 12.3. The van der Waals surface area contributed by atoms with Gasteiger partial charge in [-0.1, -0.05) is 30.3 Å². The minimum absolute atomic E-state index is 0.115. The van der Waals surface area contributed by atoms with Crippen molar-refractivity contribution in [1.29, 1.82) is 0 Å². The number of nitrogens with one attached hydrogen (secondary N) is 2. The first-order valence-corrected chi connectivity index (χ1v) is 7.56. The first kappa shape index (κ1) is 16.5. The Morgan fingerprint density at radius 2 is 2.00 bits per heavy atom. The molecule has 20 heavy (non-hydrogen) atoms. The summed E-state index contributed by atoms with van der Waals surface area (Å²) in [6, 6.07) is 9.35. The molecule has 0 aliphatic heterocycles. The van der Waals surface area contributed by atoms with Crippen LogP contribution in [0, 0.1) is 0 Å². The fourth-order valence-corrected chi connectivity index (χ4v) is 2.62. The molecular formula is C14H20N2O3S. The zero-order valence-electron chi connectivity index (χ0n) is 11.5. The summed E-state index contributed by atoms with van der Waals surface area (Å²) >= 11 is 1.58. The van der Waals surface area contributed by atoms with Crippen molar-refractivity contribution in [3.8, 4) is 0 Å². The molecule has 1 atom stereocenters. The predicted octanol–water partition coefficient (Wildman–Crippen LogP) is 0.533. The summed E-state index contributed by atoms with van der Waals surface area (Å²) in [5, 5.41) is 13.9. The molecule has 0 unspecified atom stereocenters. The van der Waals surface area contributed by atoms with Crippen molar-refractivity contribution in [2.45, 2.75) is 18.7 Å². The van der Waals surface area contributed by atoms with Gasteiger partial charge in [-0.2, -0.15) is 11.8 Å². The molecule has 0 bridgehead atoms. The van der Waals surface area contributed by atoms with Crippen LogP contribution in [0.2, 0.25) is 0 Å². The van der Waals surface area contributed by atoms with Gasteiger partial charge in [-0.25, -0.2) is 0 Å². The lowest BCUT2D eigenvalue weighted by molar-refractivity contribution is -0.127. The molecule has 5 nitrogen and oxygen atoms in total. The highest BCUT2D eigenvalue weighted by molar-refractivity contribution is 7.98. The van der Waals surface area contributed by atoms with E-state index in [2.05, 4.69) is 10.6 Å². The van der Waals surface area contributed by atoms with E-state index in [0.29, 0.717) is 5.75 Å². The van der Waals surface area contributed by atoms with Crippen LogP contribution >= 0.6 is 11.8 Å². The quantitative estimate of drug-likeness (QED) is 0.654. The van der Waals surface area contributed by atoms with Gasteiger partial charge in [0, 0.05) is 25.0 Å². The van der Waals surface area contributed by atoms with Crippen LogP contribution in [0.25, 0.3) is 0 Å². The summed E-state index contributed by atoms with van der Waals surface area (Å²) in [6.45, 7) is 1.46. The second kappa shape index (κ2) is 9.39.